The Kier molecular flexibility index (Phi) is 3.41. The van der Waals surface area contributed by atoms with Gasteiger partial charge in [0.05, 0.1) is 11.8 Å². The van der Waals surface area contributed by atoms with Gasteiger partial charge in [-0.25, -0.2) is 0 Å². The second-order valence-electron chi connectivity index (χ2n) is 4.64. The molecule has 0 amide bonds. The Morgan fingerprint density at radius 1 is 1.32 bits per heavy atom. The molecule has 0 unspecified atom stereocenters. The highest BCUT2D eigenvalue weighted by atomic mass is 16.5. The highest BCUT2D eigenvalue weighted by molar-refractivity contribution is 5.39. The molecule has 1 aromatic heterocycles. The van der Waals surface area contributed by atoms with Crippen molar-refractivity contribution in [1.29, 1.82) is 0 Å². The van der Waals surface area contributed by atoms with Gasteiger partial charge >= 0.3 is 0 Å². The summed E-state index contributed by atoms with van der Waals surface area (Å²) in [7, 11) is 0. The van der Waals surface area contributed by atoms with Crippen molar-refractivity contribution in [3.05, 3.63) is 30.3 Å². The number of anilines is 1. The Bertz CT molecular complexity index is 521. The van der Waals surface area contributed by atoms with Crippen LogP contribution in [0, 0.1) is 0 Å². The van der Waals surface area contributed by atoms with Crippen molar-refractivity contribution in [1.82, 2.24) is 20.2 Å². The zero-order valence-corrected chi connectivity index (χ0v) is 10.9. The van der Waals surface area contributed by atoms with Gasteiger partial charge in [0.2, 0.25) is 5.95 Å². The van der Waals surface area contributed by atoms with Gasteiger partial charge in [-0.2, -0.15) is 4.68 Å². The first-order valence-electron chi connectivity index (χ1n) is 6.58. The molecular weight excluding hydrogens is 242 g/mol. The number of aromatic nitrogens is 4. The van der Waals surface area contributed by atoms with Crippen LogP contribution in [0.25, 0.3) is 5.69 Å². The molecule has 1 aromatic carbocycles. The fourth-order valence-corrected chi connectivity index (χ4v) is 2.26. The average molecular weight is 259 g/mol. The van der Waals surface area contributed by atoms with Gasteiger partial charge in [0.1, 0.15) is 0 Å². The monoisotopic (exact) mass is 259 g/mol. The molecule has 3 rings (SSSR count). The summed E-state index contributed by atoms with van der Waals surface area (Å²) in [5, 5.41) is 15.1. The minimum absolute atomic E-state index is 0.378. The molecule has 0 saturated heterocycles. The second kappa shape index (κ2) is 5.36. The van der Waals surface area contributed by atoms with Crippen LogP contribution in [0.5, 0.6) is 0 Å². The van der Waals surface area contributed by atoms with Crippen molar-refractivity contribution in [3.63, 3.8) is 0 Å². The minimum atomic E-state index is 0.378. The molecule has 1 fully saturated rings. The molecule has 6 nitrogen and oxygen atoms in total. The molecule has 0 radical (unpaired) electrons. The van der Waals surface area contributed by atoms with Crippen LogP contribution in [0.15, 0.2) is 30.3 Å². The smallest absolute Gasteiger partial charge is 0.247 e. The fraction of sp³-hybridized carbons (Fsp3) is 0.462. The van der Waals surface area contributed by atoms with Crippen molar-refractivity contribution in [2.24, 2.45) is 0 Å². The normalized spacial score (nSPS) is 21.9. The topological polar surface area (TPSA) is 64.9 Å². The van der Waals surface area contributed by atoms with Crippen molar-refractivity contribution >= 4 is 5.95 Å². The van der Waals surface area contributed by atoms with Gasteiger partial charge in [-0.05, 0) is 42.3 Å². The van der Waals surface area contributed by atoms with Gasteiger partial charge in [0.15, 0.2) is 0 Å². The van der Waals surface area contributed by atoms with Gasteiger partial charge in [-0.3, -0.25) is 0 Å². The predicted octanol–water partition coefficient (Wildman–Crippen LogP) is 1.64. The van der Waals surface area contributed by atoms with Gasteiger partial charge in [-0.1, -0.05) is 23.3 Å². The van der Waals surface area contributed by atoms with E-state index in [0.29, 0.717) is 18.1 Å². The van der Waals surface area contributed by atoms with Crippen LogP contribution in [-0.2, 0) is 4.74 Å². The number of hydrogen-bond donors (Lipinski definition) is 1. The van der Waals surface area contributed by atoms with E-state index in [0.717, 1.165) is 25.1 Å². The van der Waals surface area contributed by atoms with Crippen LogP contribution < -0.4 is 5.32 Å². The van der Waals surface area contributed by atoms with Crippen molar-refractivity contribution in [2.45, 2.75) is 31.9 Å². The molecular formula is C13H17N5O. The first-order valence-corrected chi connectivity index (χ1v) is 6.58. The van der Waals surface area contributed by atoms with Gasteiger partial charge in [0.25, 0.3) is 0 Å². The Labute approximate surface area is 111 Å². The number of hydrogen-bond acceptors (Lipinski definition) is 5. The summed E-state index contributed by atoms with van der Waals surface area (Å²) in [6.45, 7) is 2.80. The largest absolute Gasteiger partial charge is 0.378 e. The Morgan fingerprint density at radius 2 is 2.11 bits per heavy atom. The highest BCUT2D eigenvalue weighted by Crippen LogP contribution is 2.26. The van der Waals surface area contributed by atoms with Gasteiger partial charge in [-0.15, -0.1) is 0 Å². The number of benzene rings is 1. The molecule has 6 heteroatoms. The lowest BCUT2D eigenvalue weighted by Crippen LogP contribution is -2.41. The van der Waals surface area contributed by atoms with E-state index >= 15 is 0 Å². The summed E-state index contributed by atoms with van der Waals surface area (Å²) in [5.74, 6) is 0.686. The van der Waals surface area contributed by atoms with Crippen LogP contribution >= 0.6 is 0 Å². The quantitative estimate of drug-likeness (QED) is 0.884. The lowest BCUT2D eigenvalue weighted by molar-refractivity contribution is 0.00281. The number of rotatable bonds is 5. The van der Waals surface area contributed by atoms with E-state index < -0.39 is 0 Å². The molecule has 1 saturated carbocycles. The molecule has 100 valence electrons. The van der Waals surface area contributed by atoms with Crippen molar-refractivity contribution in [3.8, 4) is 5.69 Å². The number of ether oxygens (including phenoxy) is 1. The van der Waals surface area contributed by atoms with Crippen LogP contribution in [-0.4, -0.2) is 39.0 Å². The molecule has 0 atom stereocenters. The summed E-state index contributed by atoms with van der Waals surface area (Å²) in [6.07, 6.45) is 2.40. The third-order valence-electron chi connectivity index (χ3n) is 3.30. The first kappa shape index (κ1) is 12.1. The second-order valence-corrected chi connectivity index (χ2v) is 4.64. The highest BCUT2D eigenvalue weighted by Gasteiger charge is 2.30. The molecule has 1 N–H and O–H groups in total. The van der Waals surface area contributed by atoms with Crippen LogP contribution in [0.1, 0.15) is 19.8 Å². The Balaban J connectivity index is 1.66. The summed E-state index contributed by atoms with van der Waals surface area (Å²) < 4.78 is 7.26. The van der Waals surface area contributed by atoms with Gasteiger partial charge in [0, 0.05) is 12.6 Å². The summed E-state index contributed by atoms with van der Waals surface area (Å²) in [4.78, 5) is 0. The molecule has 0 spiro atoms. The molecule has 1 aliphatic rings. The van der Waals surface area contributed by atoms with Gasteiger partial charge < -0.3 is 10.1 Å². The van der Waals surface area contributed by atoms with E-state index in [9.17, 15) is 0 Å². The predicted molar refractivity (Wildman–Crippen MR) is 71.2 cm³/mol. The zero-order chi connectivity index (χ0) is 13.1. The summed E-state index contributed by atoms with van der Waals surface area (Å²) >= 11 is 0. The molecule has 1 heterocycles. The lowest BCUT2D eigenvalue weighted by Gasteiger charge is -2.35. The molecule has 0 bridgehead atoms. The third-order valence-corrected chi connectivity index (χ3v) is 3.30. The Morgan fingerprint density at radius 3 is 2.84 bits per heavy atom. The lowest BCUT2D eigenvalue weighted by atomic mass is 9.89. The zero-order valence-electron chi connectivity index (χ0n) is 10.9. The maximum absolute atomic E-state index is 5.54. The van der Waals surface area contributed by atoms with Crippen molar-refractivity contribution in [2.75, 3.05) is 11.9 Å². The van der Waals surface area contributed by atoms with Crippen LogP contribution in [0.4, 0.5) is 5.95 Å². The minimum Gasteiger partial charge on any atom is -0.378 e. The molecule has 2 aromatic rings. The maximum atomic E-state index is 5.54. The number of nitrogens with one attached hydrogen (secondary N) is 1. The van der Waals surface area contributed by atoms with Crippen molar-refractivity contribution < 1.29 is 4.74 Å². The average Bonchev–Trinajstić information content (AvgIpc) is 2.85. The number of tetrazole rings is 1. The number of nitrogens with zero attached hydrogens (tertiary/aromatic N) is 4. The van der Waals surface area contributed by atoms with E-state index in [-0.39, 0.29) is 0 Å². The van der Waals surface area contributed by atoms with Crippen LogP contribution in [0.3, 0.4) is 0 Å². The molecule has 19 heavy (non-hydrogen) atoms. The SMILES string of the molecule is CCOC1CC(Nc2nnnn2-c2ccccc2)C1. The van der Waals surface area contributed by atoms with E-state index in [1.54, 1.807) is 4.68 Å². The van der Waals surface area contributed by atoms with E-state index in [1.807, 2.05) is 37.3 Å². The van der Waals surface area contributed by atoms with E-state index in [1.165, 1.54) is 0 Å². The molecule has 0 aliphatic heterocycles. The summed E-state index contributed by atoms with van der Waals surface area (Å²) in [5.41, 5.74) is 0.954. The molecule has 1 aliphatic carbocycles. The van der Waals surface area contributed by atoms with E-state index in [2.05, 4.69) is 20.8 Å². The summed E-state index contributed by atoms with van der Waals surface area (Å²) in [6, 6.07) is 10.3. The number of para-hydroxylation sites is 1. The first-order chi connectivity index (χ1) is 9.36. The maximum Gasteiger partial charge on any atom is 0.247 e. The third kappa shape index (κ3) is 2.58. The van der Waals surface area contributed by atoms with Crippen LogP contribution in [0.2, 0.25) is 0 Å². The Hall–Kier alpha value is -1.95. The van der Waals surface area contributed by atoms with E-state index in [4.69, 9.17) is 4.74 Å². The standard InChI is InChI=1S/C13H17N5O/c1-2-19-12-8-10(9-12)14-13-15-16-17-18(13)11-6-4-3-5-7-11/h3-7,10,12H,2,8-9H2,1H3,(H,14,15,17). The fourth-order valence-electron chi connectivity index (χ4n) is 2.26.